The van der Waals surface area contributed by atoms with Crippen molar-refractivity contribution in [1.29, 1.82) is 0 Å². The van der Waals surface area contributed by atoms with E-state index in [1.54, 1.807) is 24.3 Å². The van der Waals surface area contributed by atoms with Crippen LogP contribution in [0.3, 0.4) is 0 Å². The Morgan fingerprint density at radius 1 is 1.24 bits per heavy atom. The Labute approximate surface area is 148 Å². The highest BCUT2D eigenvalue weighted by molar-refractivity contribution is 6.22. The first-order valence-electron chi connectivity index (χ1n) is 7.50. The van der Waals surface area contributed by atoms with Crippen LogP contribution in [-0.2, 0) is 0 Å². The number of fused-ring (bicyclic) bond motifs is 1. The molecule has 3 rings (SSSR count). The molecule has 25 heavy (non-hydrogen) atoms. The van der Waals surface area contributed by atoms with Crippen molar-refractivity contribution in [3.63, 3.8) is 0 Å². The molecule has 126 valence electrons. The normalized spacial score (nSPS) is 19.8. The minimum absolute atomic E-state index is 0.122. The van der Waals surface area contributed by atoms with E-state index in [1.807, 2.05) is 24.3 Å². The van der Waals surface area contributed by atoms with Gasteiger partial charge in [-0.05, 0) is 34.6 Å². The molecule has 1 aliphatic carbocycles. The first kappa shape index (κ1) is 16.9. The van der Waals surface area contributed by atoms with Gasteiger partial charge in [0.15, 0.2) is 0 Å². The zero-order valence-electron chi connectivity index (χ0n) is 13.0. The van der Waals surface area contributed by atoms with Crippen molar-refractivity contribution in [3.8, 4) is 5.75 Å². The van der Waals surface area contributed by atoms with Crippen LogP contribution in [0.4, 0.5) is 0 Å². The van der Waals surface area contributed by atoms with Gasteiger partial charge in [-0.3, -0.25) is 4.79 Å². The standard InChI is InChI=1S/C18H14ClN3O3/c19-15-6-5-11(7-16(15)22-25)10-20-21-18(24)14-8-12-3-1-2-4-13(12)9-17(14)23/h1-10,15-16,23H,(H,21,24)/b20-10+. The zero-order chi connectivity index (χ0) is 17.8. The fourth-order valence-electron chi connectivity index (χ4n) is 2.47. The van der Waals surface area contributed by atoms with E-state index in [9.17, 15) is 14.8 Å². The van der Waals surface area contributed by atoms with Gasteiger partial charge >= 0.3 is 0 Å². The average Bonchev–Trinajstić information content (AvgIpc) is 2.62. The molecule has 0 radical (unpaired) electrons. The molecule has 6 nitrogen and oxygen atoms in total. The Morgan fingerprint density at radius 2 is 1.96 bits per heavy atom. The lowest BCUT2D eigenvalue weighted by Crippen LogP contribution is -2.19. The van der Waals surface area contributed by atoms with Crippen LogP contribution >= 0.6 is 11.6 Å². The number of nitroso groups, excluding NO2 is 1. The number of alkyl halides is 1. The molecule has 7 heteroatoms. The van der Waals surface area contributed by atoms with E-state index in [-0.39, 0.29) is 11.3 Å². The lowest BCUT2D eigenvalue weighted by Gasteiger charge is -2.12. The molecule has 0 spiro atoms. The number of nitrogens with zero attached hydrogens (tertiary/aromatic N) is 2. The molecule has 0 fully saturated rings. The minimum atomic E-state index is -0.673. The molecule has 2 aromatic rings. The van der Waals surface area contributed by atoms with Crippen molar-refractivity contribution >= 4 is 34.5 Å². The Bertz CT molecular complexity index is 921. The summed E-state index contributed by atoms with van der Waals surface area (Å²) < 4.78 is 0. The maximum Gasteiger partial charge on any atom is 0.275 e. The van der Waals surface area contributed by atoms with Crippen LogP contribution in [0.5, 0.6) is 5.75 Å². The minimum Gasteiger partial charge on any atom is -0.507 e. The van der Waals surface area contributed by atoms with E-state index in [4.69, 9.17) is 11.6 Å². The number of amides is 1. The van der Waals surface area contributed by atoms with E-state index in [0.717, 1.165) is 10.8 Å². The number of carbonyl (C=O) groups is 1. The summed E-state index contributed by atoms with van der Waals surface area (Å²) >= 11 is 5.91. The highest BCUT2D eigenvalue weighted by atomic mass is 35.5. The van der Waals surface area contributed by atoms with Crippen LogP contribution in [0.1, 0.15) is 10.4 Å². The molecule has 2 atom stereocenters. The topological polar surface area (TPSA) is 91.1 Å². The van der Waals surface area contributed by atoms with Crippen LogP contribution in [0.25, 0.3) is 10.8 Å². The average molecular weight is 356 g/mol. The third-order valence-corrected chi connectivity index (χ3v) is 4.18. The quantitative estimate of drug-likeness (QED) is 0.380. The van der Waals surface area contributed by atoms with Gasteiger partial charge < -0.3 is 5.11 Å². The Balaban J connectivity index is 1.74. The van der Waals surface area contributed by atoms with Crippen molar-refractivity contribution in [2.24, 2.45) is 10.3 Å². The van der Waals surface area contributed by atoms with Gasteiger partial charge in [-0.2, -0.15) is 10.0 Å². The van der Waals surface area contributed by atoms with Gasteiger partial charge in [0, 0.05) is 0 Å². The van der Waals surface area contributed by atoms with Crippen LogP contribution < -0.4 is 5.43 Å². The summed E-state index contributed by atoms with van der Waals surface area (Å²) in [4.78, 5) is 22.9. The maximum atomic E-state index is 12.2. The second-order valence-corrected chi connectivity index (χ2v) is 5.99. The molecule has 1 aliphatic rings. The van der Waals surface area contributed by atoms with Gasteiger partial charge in [0.2, 0.25) is 0 Å². The molecule has 0 aromatic heterocycles. The molecule has 0 heterocycles. The number of phenolic OH excluding ortho intramolecular Hbond substituents is 1. The van der Waals surface area contributed by atoms with Crippen LogP contribution in [0.2, 0.25) is 0 Å². The summed E-state index contributed by atoms with van der Waals surface area (Å²) in [5, 5.41) is 18.0. The number of hydrazone groups is 1. The molecular weight excluding hydrogens is 342 g/mol. The number of aromatic hydroxyl groups is 1. The molecule has 2 N–H and O–H groups in total. The summed E-state index contributed by atoms with van der Waals surface area (Å²) in [5.41, 5.74) is 3.07. The molecule has 0 bridgehead atoms. The lowest BCUT2D eigenvalue weighted by molar-refractivity contribution is 0.0952. The number of hydrogen-bond donors (Lipinski definition) is 2. The van der Waals surface area contributed by atoms with E-state index >= 15 is 0 Å². The number of nitrogens with one attached hydrogen (secondary N) is 1. The summed E-state index contributed by atoms with van der Waals surface area (Å²) in [6, 6.07) is 9.85. The summed E-state index contributed by atoms with van der Waals surface area (Å²) in [6.45, 7) is 0. The van der Waals surface area contributed by atoms with E-state index in [1.165, 1.54) is 12.3 Å². The lowest BCUT2D eigenvalue weighted by atomic mass is 10.0. The summed E-state index contributed by atoms with van der Waals surface area (Å²) in [6.07, 6.45) is 6.26. The monoisotopic (exact) mass is 355 g/mol. The van der Waals surface area contributed by atoms with Crippen molar-refractivity contribution < 1.29 is 9.90 Å². The predicted octanol–water partition coefficient (Wildman–Crippen LogP) is 3.50. The van der Waals surface area contributed by atoms with E-state index in [0.29, 0.717) is 5.57 Å². The number of hydrogen-bond acceptors (Lipinski definition) is 5. The highest BCUT2D eigenvalue weighted by Gasteiger charge is 2.18. The van der Waals surface area contributed by atoms with E-state index < -0.39 is 17.3 Å². The molecule has 0 saturated heterocycles. The second-order valence-electron chi connectivity index (χ2n) is 5.48. The third-order valence-electron chi connectivity index (χ3n) is 3.77. The van der Waals surface area contributed by atoms with Gasteiger partial charge in [-0.15, -0.1) is 11.6 Å². The number of halogens is 1. The molecule has 2 unspecified atom stereocenters. The van der Waals surface area contributed by atoms with Gasteiger partial charge in [-0.1, -0.05) is 41.6 Å². The van der Waals surface area contributed by atoms with Crippen LogP contribution in [0.15, 0.2) is 70.5 Å². The number of phenols is 1. The molecular formula is C18H14ClN3O3. The Morgan fingerprint density at radius 3 is 2.68 bits per heavy atom. The largest absolute Gasteiger partial charge is 0.507 e. The van der Waals surface area contributed by atoms with Crippen LogP contribution in [0, 0.1) is 4.91 Å². The number of carbonyl (C=O) groups excluding carboxylic acids is 1. The first-order chi connectivity index (χ1) is 12.1. The summed E-state index contributed by atoms with van der Waals surface area (Å²) in [5.74, 6) is -0.668. The van der Waals surface area contributed by atoms with E-state index in [2.05, 4.69) is 15.7 Å². The number of allylic oxidation sites excluding steroid dienone is 2. The second kappa shape index (κ2) is 7.27. The Kier molecular flexibility index (Phi) is 4.90. The fourth-order valence-corrected chi connectivity index (χ4v) is 2.66. The van der Waals surface area contributed by atoms with Gasteiger partial charge in [0.05, 0.1) is 17.2 Å². The predicted molar refractivity (Wildman–Crippen MR) is 98.0 cm³/mol. The van der Waals surface area contributed by atoms with Gasteiger partial charge in [-0.25, -0.2) is 5.43 Å². The smallest absolute Gasteiger partial charge is 0.275 e. The molecule has 0 saturated carbocycles. The Hall–Kier alpha value is -2.99. The fraction of sp³-hybridized carbons (Fsp3) is 0.111. The summed E-state index contributed by atoms with van der Waals surface area (Å²) in [7, 11) is 0. The van der Waals surface area contributed by atoms with Crippen LogP contribution in [-0.4, -0.2) is 28.6 Å². The molecule has 1 amide bonds. The van der Waals surface area contributed by atoms with Crippen molar-refractivity contribution in [2.45, 2.75) is 11.4 Å². The molecule has 0 aliphatic heterocycles. The highest BCUT2D eigenvalue weighted by Crippen LogP contribution is 2.25. The third kappa shape index (κ3) is 3.75. The van der Waals surface area contributed by atoms with Gasteiger partial charge in [0.25, 0.3) is 5.91 Å². The number of rotatable bonds is 4. The first-order valence-corrected chi connectivity index (χ1v) is 7.94. The van der Waals surface area contributed by atoms with Crippen molar-refractivity contribution in [1.82, 2.24) is 5.43 Å². The zero-order valence-corrected chi connectivity index (χ0v) is 13.7. The van der Waals surface area contributed by atoms with Crippen molar-refractivity contribution in [3.05, 3.63) is 70.7 Å². The van der Waals surface area contributed by atoms with Crippen molar-refractivity contribution in [2.75, 3.05) is 0 Å². The molecule has 2 aromatic carbocycles. The van der Waals surface area contributed by atoms with Gasteiger partial charge in [0.1, 0.15) is 11.8 Å². The maximum absolute atomic E-state index is 12.2. The number of benzene rings is 2. The SMILES string of the molecule is O=NC1C=C(/C=N/NC(=O)c2cc3ccccc3cc2O)C=CC1Cl.